The molecule has 3 rings (SSSR count). The number of aromatic amines is 1. The highest BCUT2D eigenvalue weighted by Crippen LogP contribution is 2.37. The summed E-state index contributed by atoms with van der Waals surface area (Å²) in [5.74, 6) is -0.234. The average Bonchev–Trinajstić information content (AvgIpc) is 2.97. The number of nitrogens with one attached hydrogen (secondary N) is 1. The van der Waals surface area contributed by atoms with Gasteiger partial charge in [0.25, 0.3) is 0 Å². The summed E-state index contributed by atoms with van der Waals surface area (Å²) >= 11 is 7.28. The van der Waals surface area contributed by atoms with Gasteiger partial charge in [-0.2, -0.15) is 13.2 Å². The van der Waals surface area contributed by atoms with E-state index in [-0.39, 0.29) is 16.2 Å². The van der Waals surface area contributed by atoms with E-state index in [1.165, 1.54) is 0 Å². The highest BCUT2D eigenvalue weighted by molar-refractivity contribution is 7.99. The Balaban J connectivity index is 1.94. The van der Waals surface area contributed by atoms with Gasteiger partial charge in [-0.25, -0.2) is 15.0 Å². The molecule has 1 unspecified atom stereocenters. The van der Waals surface area contributed by atoms with Crippen LogP contribution in [0.3, 0.4) is 0 Å². The van der Waals surface area contributed by atoms with Crippen LogP contribution >= 0.6 is 23.4 Å². The van der Waals surface area contributed by atoms with Crippen molar-refractivity contribution in [1.29, 1.82) is 0 Å². The van der Waals surface area contributed by atoms with E-state index in [9.17, 15) is 13.2 Å². The smallest absolute Gasteiger partial charge is 0.384 e. The number of aryl methyl sites for hydroxylation is 1. The molecule has 3 N–H and O–H groups in total. The molecule has 0 radical (unpaired) electrons. The van der Waals surface area contributed by atoms with Crippen LogP contribution in [0.5, 0.6) is 0 Å². The summed E-state index contributed by atoms with van der Waals surface area (Å²) in [6, 6.07) is 2.59. The minimum absolute atomic E-state index is 0.0624. The van der Waals surface area contributed by atoms with Crippen molar-refractivity contribution >= 4 is 40.1 Å². The number of thioether (sulfide) groups is 1. The molecule has 3 aromatic rings. The van der Waals surface area contributed by atoms with E-state index >= 15 is 0 Å². The largest absolute Gasteiger partial charge is 0.433 e. The monoisotopic (exact) mass is 401 g/mol. The number of aromatic nitrogens is 4. The molecular weight excluding hydrogens is 387 g/mol. The van der Waals surface area contributed by atoms with E-state index in [2.05, 4.69) is 19.9 Å². The number of nitrogens with two attached hydrogens (primary N) is 1. The molecule has 5 nitrogen and oxygen atoms in total. The number of fused-ring (bicyclic) bond motifs is 1. The molecule has 0 fully saturated rings. The van der Waals surface area contributed by atoms with Gasteiger partial charge in [0.15, 0.2) is 16.0 Å². The molecule has 3 aromatic heterocycles. The molecule has 0 bridgehead atoms. The number of anilines is 1. The Kier molecular flexibility index (Phi) is 5.03. The molecule has 0 aliphatic rings. The summed E-state index contributed by atoms with van der Waals surface area (Å²) < 4.78 is 38.7. The van der Waals surface area contributed by atoms with Gasteiger partial charge < -0.3 is 10.7 Å². The predicted octanol–water partition coefficient (Wildman–Crippen LogP) is 5.02. The second kappa shape index (κ2) is 6.96. The first-order valence-electron chi connectivity index (χ1n) is 7.73. The van der Waals surface area contributed by atoms with Gasteiger partial charge in [0.2, 0.25) is 0 Å². The molecule has 26 heavy (non-hydrogen) atoms. The summed E-state index contributed by atoms with van der Waals surface area (Å²) in [7, 11) is 0. The molecule has 1 atom stereocenters. The maximum absolute atomic E-state index is 12.9. The van der Waals surface area contributed by atoms with Crippen molar-refractivity contribution in [3.05, 3.63) is 40.4 Å². The van der Waals surface area contributed by atoms with Crippen molar-refractivity contribution in [2.75, 3.05) is 5.73 Å². The Bertz CT molecular complexity index is 957. The van der Waals surface area contributed by atoms with E-state index < -0.39 is 11.9 Å². The maximum atomic E-state index is 12.9. The molecule has 0 aliphatic carbocycles. The quantitative estimate of drug-likeness (QED) is 0.364. The molecule has 0 amide bonds. The lowest BCUT2D eigenvalue weighted by molar-refractivity contribution is -0.141. The molecule has 0 saturated heterocycles. The van der Waals surface area contributed by atoms with E-state index in [1.807, 2.05) is 19.2 Å². The third kappa shape index (κ3) is 3.73. The Labute approximate surface area is 156 Å². The topological polar surface area (TPSA) is 80.5 Å². The average molecular weight is 402 g/mol. The van der Waals surface area contributed by atoms with E-state index in [0.717, 1.165) is 34.6 Å². The molecule has 3 heterocycles. The zero-order chi connectivity index (χ0) is 19.1. The Morgan fingerprint density at radius 2 is 2.00 bits per heavy atom. The van der Waals surface area contributed by atoms with Crippen molar-refractivity contribution in [3.8, 4) is 0 Å². The first kappa shape index (κ1) is 18.8. The van der Waals surface area contributed by atoms with Crippen LogP contribution in [-0.2, 0) is 12.6 Å². The molecule has 0 aliphatic heterocycles. The summed E-state index contributed by atoms with van der Waals surface area (Å²) in [4.78, 5) is 14.9. The molecule has 0 aromatic carbocycles. The number of alkyl halides is 3. The third-order valence-corrected chi connectivity index (χ3v) is 5.09. The first-order valence-corrected chi connectivity index (χ1v) is 8.99. The zero-order valence-electron chi connectivity index (χ0n) is 13.9. The van der Waals surface area contributed by atoms with Crippen LogP contribution in [-0.4, -0.2) is 19.9 Å². The number of halogens is 4. The van der Waals surface area contributed by atoms with Gasteiger partial charge in [0.05, 0.1) is 16.5 Å². The normalized spacial score (nSPS) is 13.3. The Morgan fingerprint density at radius 3 is 2.65 bits per heavy atom. The second-order valence-electron chi connectivity index (χ2n) is 5.65. The highest BCUT2D eigenvalue weighted by Gasteiger charge is 2.33. The lowest BCUT2D eigenvalue weighted by atomic mass is 10.1. The summed E-state index contributed by atoms with van der Waals surface area (Å²) in [5, 5.41) is 0.876. The van der Waals surface area contributed by atoms with Crippen molar-refractivity contribution in [2.24, 2.45) is 0 Å². The molecular formula is C16H15ClF3N5S. The number of nitrogen functional groups attached to an aromatic ring is 1. The van der Waals surface area contributed by atoms with Crippen molar-refractivity contribution in [3.63, 3.8) is 0 Å². The summed E-state index contributed by atoms with van der Waals surface area (Å²) in [6.07, 6.45) is -1.90. The fourth-order valence-electron chi connectivity index (χ4n) is 2.52. The Hall–Kier alpha value is -2.00. The van der Waals surface area contributed by atoms with Crippen LogP contribution in [0.1, 0.15) is 36.0 Å². The first-order chi connectivity index (χ1) is 12.2. The lowest BCUT2D eigenvalue weighted by Gasteiger charge is -2.13. The van der Waals surface area contributed by atoms with Crippen molar-refractivity contribution < 1.29 is 13.2 Å². The van der Waals surface area contributed by atoms with Gasteiger partial charge in [-0.15, -0.1) is 0 Å². The number of hydrogen-bond acceptors (Lipinski definition) is 5. The SMILES string of the molecule is CCc1c[nH]c2c(Cl)nc(C(C)Sc3nc(N)cc(C(F)(F)F)n3)cc12. The van der Waals surface area contributed by atoms with Crippen LogP contribution < -0.4 is 5.73 Å². The van der Waals surface area contributed by atoms with Gasteiger partial charge in [0.1, 0.15) is 5.82 Å². The number of hydrogen-bond donors (Lipinski definition) is 2. The number of pyridine rings is 1. The highest BCUT2D eigenvalue weighted by atomic mass is 35.5. The standard InChI is InChI=1S/C16H15ClF3N5S/c1-3-8-6-22-13-9(8)4-10(23-14(13)17)7(2)26-15-24-11(16(18,19)20)5-12(21)25-15/h4-7,22H,3H2,1-2H3,(H2,21,24,25). The van der Waals surface area contributed by atoms with E-state index in [4.69, 9.17) is 17.3 Å². The van der Waals surface area contributed by atoms with Crippen LogP contribution in [0, 0.1) is 0 Å². The van der Waals surface area contributed by atoms with Gasteiger partial charge >= 0.3 is 6.18 Å². The minimum Gasteiger partial charge on any atom is -0.384 e. The Morgan fingerprint density at radius 1 is 1.27 bits per heavy atom. The van der Waals surface area contributed by atoms with Crippen LogP contribution in [0.15, 0.2) is 23.5 Å². The van der Waals surface area contributed by atoms with E-state index in [0.29, 0.717) is 16.9 Å². The van der Waals surface area contributed by atoms with Gasteiger partial charge in [0, 0.05) is 17.6 Å². The number of nitrogens with zero attached hydrogens (tertiary/aromatic N) is 3. The third-order valence-electron chi connectivity index (χ3n) is 3.83. The van der Waals surface area contributed by atoms with Crippen molar-refractivity contribution in [2.45, 2.75) is 36.9 Å². The van der Waals surface area contributed by atoms with Gasteiger partial charge in [-0.1, -0.05) is 30.3 Å². The fourth-order valence-corrected chi connectivity index (χ4v) is 3.64. The van der Waals surface area contributed by atoms with Crippen LogP contribution in [0.25, 0.3) is 10.9 Å². The molecule has 10 heteroatoms. The summed E-state index contributed by atoms with van der Waals surface area (Å²) in [6.45, 7) is 3.82. The summed E-state index contributed by atoms with van der Waals surface area (Å²) in [5.41, 5.74) is 6.87. The molecule has 138 valence electrons. The van der Waals surface area contributed by atoms with Gasteiger partial charge in [-0.05, 0) is 25.0 Å². The fraction of sp³-hybridized carbons (Fsp3) is 0.312. The van der Waals surface area contributed by atoms with E-state index in [1.54, 1.807) is 6.92 Å². The zero-order valence-corrected chi connectivity index (χ0v) is 15.4. The minimum atomic E-state index is -4.59. The van der Waals surface area contributed by atoms with Crippen LogP contribution in [0.2, 0.25) is 5.15 Å². The van der Waals surface area contributed by atoms with Crippen LogP contribution in [0.4, 0.5) is 19.0 Å². The lowest BCUT2D eigenvalue weighted by Crippen LogP contribution is -2.11. The second-order valence-corrected chi connectivity index (χ2v) is 7.31. The predicted molar refractivity (Wildman–Crippen MR) is 96.2 cm³/mol. The number of H-pyrrole nitrogens is 1. The van der Waals surface area contributed by atoms with Gasteiger partial charge in [-0.3, -0.25) is 0 Å². The number of rotatable bonds is 4. The van der Waals surface area contributed by atoms with Crippen molar-refractivity contribution in [1.82, 2.24) is 19.9 Å². The maximum Gasteiger partial charge on any atom is 0.433 e. The molecule has 0 spiro atoms. The molecule has 0 saturated carbocycles.